The van der Waals surface area contributed by atoms with E-state index in [0.717, 1.165) is 18.0 Å². The second kappa shape index (κ2) is 7.26. The van der Waals surface area contributed by atoms with Crippen LogP contribution in [0.2, 0.25) is 0 Å². The highest BCUT2D eigenvalue weighted by molar-refractivity contribution is 4.91. The zero-order valence-corrected chi connectivity index (χ0v) is 14.3. The normalized spacial score (nSPS) is 31.1. The molecule has 2 atom stereocenters. The van der Waals surface area contributed by atoms with Crippen molar-refractivity contribution in [3.63, 3.8) is 0 Å². The molecule has 0 spiro atoms. The molecule has 2 heteroatoms. The van der Waals surface area contributed by atoms with E-state index >= 15 is 0 Å². The van der Waals surface area contributed by atoms with Gasteiger partial charge in [-0.1, -0.05) is 40.0 Å². The Morgan fingerprint density at radius 2 is 1.80 bits per heavy atom. The molecule has 0 radical (unpaired) electrons. The summed E-state index contributed by atoms with van der Waals surface area (Å²) in [5.41, 5.74) is 0.552. The molecule has 118 valence electrons. The van der Waals surface area contributed by atoms with Gasteiger partial charge in [-0.2, -0.15) is 0 Å². The molecule has 0 heterocycles. The van der Waals surface area contributed by atoms with Gasteiger partial charge in [-0.15, -0.1) is 0 Å². The average molecular weight is 280 g/mol. The van der Waals surface area contributed by atoms with E-state index in [1.54, 1.807) is 0 Å². The van der Waals surface area contributed by atoms with E-state index in [4.69, 9.17) is 0 Å². The Morgan fingerprint density at radius 1 is 1.10 bits per heavy atom. The lowest BCUT2D eigenvalue weighted by Crippen LogP contribution is -2.37. The molecule has 2 saturated carbocycles. The Balaban J connectivity index is 1.59. The first-order chi connectivity index (χ1) is 9.48. The predicted octanol–water partition coefficient (Wildman–Crippen LogP) is 4.06. The molecule has 0 aromatic rings. The van der Waals surface area contributed by atoms with Gasteiger partial charge in [0.2, 0.25) is 0 Å². The fourth-order valence-electron chi connectivity index (χ4n) is 4.49. The Kier molecular flexibility index (Phi) is 5.92. The molecule has 2 aliphatic carbocycles. The van der Waals surface area contributed by atoms with Crippen molar-refractivity contribution < 1.29 is 0 Å². The van der Waals surface area contributed by atoms with Gasteiger partial charge in [0, 0.05) is 12.1 Å². The monoisotopic (exact) mass is 280 g/mol. The third kappa shape index (κ3) is 4.73. The summed E-state index contributed by atoms with van der Waals surface area (Å²) in [4.78, 5) is 2.61. The lowest BCUT2D eigenvalue weighted by atomic mass is 9.91. The van der Waals surface area contributed by atoms with Crippen molar-refractivity contribution >= 4 is 0 Å². The third-order valence-corrected chi connectivity index (χ3v) is 5.63. The maximum absolute atomic E-state index is 3.82. The van der Waals surface area contributed by atoms with Crippen LogP contribution in [0.1, 0.15) is 72.1 Å². The lowest BCUT2D eigenvalue weighted by molar-refractivity contribution is 0.188. The van der Waals surface area contributed by atoms with E-state index in [1.165, 1.54) is 64.5 Å². The largest absolute Gasteiger partial charge is 0.314 e. The van der Waals surface area contributed by atoms with Crippen molar-refractivity contribution in [1.29, 1.82) is 0 Å². The SMILES string of the molecule is CC1CC(C)(C)CC1NCCCN(C)C1CCCCC1. The number of nitrogens with one attached hydrogen (secondary N) is 1. The van der Waals surface area contributed by atoms with Crippen LogP contribution in [0.3, 0.4) is 0 Å². The Hall–Kier alpha value is -0.0800. The standard InChI is InChI=1S/C18H36N2/c1-15-13-18(2,3)14-17(15)19-11-8-12-20(4)16-9-6-5-7-10-16/h15-17,19H,5-14H2,1-4H3. The minimum absolute atomic E-state index is 0.552. The summed E-state index contributed by atoms with van der Waals surface area (Å²) in [7, 11) is 2.33. The first kappa shape index (κ1) is 16.3. The van der Waals surface area contributed by atoms with Crippen LogP contribution in [0.25, 0.3) is 0 Å². The predicted molar refractivity (Wildman–Crippen MR) is 88.1 cm³/mol. The van der Waals surface area contributed by atoms with Crippen molar-refractivity contribution in [1.82, 2.24) is 10.2 Å². The first-order valence-electron chi connectivity index (χ1n) is 8.91. The van der Waals surface area contributed by atoms with E-state index in [1.807, 2.05) is 0 Å². The molecule has 0 aliphatic heterocycles. The van der Waals surface area contributed by atoms with Crippen molar-refractivity contribution in [2.45, 2.75) is 84.2 Å². The molecule has 2 nitrogen and oxygen atoms in total. The number of hydrogen-bond donors (Lipinski definition) is 1. The van der Waals surface area contributed by atoms with E-state index < -0.39 is 0 Å². The second-order valence-electron chi connectivity index (χ2n) is 8.24. The maximum atomic E-state index is 3.82. The van der Waals surface area contributed by atoms with E-state index in [0.29, 0.717) is 5.41 Å². The molecule has 0 aromatic carbocycles. The van der Waals surface area contributed by atoms with Gasteiger partial charge in [0.1, 0.15) is 0 Å². The first-order valence-corrected chi connectivity index (χ1v) is 8.91. The van der Waals surface area contributed by atoms with Crippen LogP contribution < -0.4 is 5.32 Å². The zero-order chi connectivity index (χ0) is 14.6. The molecule has 2 rings (SSSR count). The summed E-state index contributed by atoms with van der Waals surface area (Å²) in [5, 5.41) is 3.82. The summed E-state index contributed by atoms with van der Waals surface area (Å²) >= 11 is 0. The Morgan fingerprint density at radius 3 is 2.40 bits per heavy atom. The molecule has 0 amide bonds. The Bertz CT molecular complexity index is 281. The third-order valence-electron chi connectivity index (χ3n) is 5.63. The highest BCUT2D eigenvalue weighted by Gasteiger charge is 2.36. The van der Waals surface area contributed by atoms with Crippen molar-refractivity contribution in [3.05, 3.63) is 0 Å². The lowest BCUT2D eigenvalue weighted by Gasteiger charge is -2.31. The van der Waals surface area contributed by atoms with E-state index in [9.17, 15) is 0 Å². The van der Waals surface area contributed by atoms with Gasteiger partial charge in [0.05, 0.1) is 0 Å². The summed E-state index contributed by atoms with van der Waals surface area (Å²) in [6.45, 7) is 9.72. The van der Waals surface area contributed by atoms with Crippen molar-refractivity contribution in [3.8, 4) is 0 Å². The van der Waals surface area contributed by atoms with Gasteiger partial charge < -0.3 is 10.2 Å². The van der Waals surface area contributed by atoms with Gasteiger partial charge >= 0.3 is 0 Å². The Labute approximate surface area is 126 Å². The highest BCUT2D eigenvalue weighted by atomic mass is 15.1. The second-order valence-corrected chi connectivity index (χ2v) is 8.24. The molecule has 20 heavy (non-hydrogen) atoms. The molecule has 2 fully saturated rings. The van der Waals surface area contributed by atoms with Crippen molar-refractivity contribution in [2.24, 2.45) is 11.3 Å². The number of nitrogens with zero attached hydrogens (tertiary/aromatic N) is 1. The zero-order valence-electron chi connectivity index (χ0n) is 14.3. The maximum Gasteiger partial charge on any atom is 0.00979 e. The molecule has 0 bridgehead atoms. The number of rotatable bonds is 6. The van der Waals surface area contributed by atoms with Crippen LogP contribution in [-0.2, 0) is 0 Å². The van der Waals surface area contributed by atoms with Crippen molar-refractivity contribution in [2.75, 3.05) is 20.1 Å². The minimum atomic E-state index is 0.552. The summed E-state index contributed by atoms with van der Waals surface area (Å²) < 4.78 is 0. The molecule has 0 aromatic heterocycles. The molecule has 1 N–H and O–H groups in total. The average Bonchev–Trinajstić information content (AvgIpc) is 2.68. The van der Waals surface area contributed by atoms with Gasteiger partial charge in [-0.3, -0.25) is 0 Å². The number of hydrogen-bond acceptors (Lipinski definition) is 2. The fraction of sp³-hybridized carbons (Fsp3) is 1.00. The smallest absolute Gasteiger partial charge is 0.00979 e. The minimum Gasteiger partial charge on any atom is -0.314 e. The van der Waals surface area contributed by atoms with Gasteiger partial charge in [0.15, 0.2) is 0 Å². The summed E-state index contributed by atoms with van der Waals surface area (Å²) in [6.07, 6.45) is 11.2. The van der Waals surface area contributed by atoms with E-state index in [-0.39, 0.29) is 0 Å². The van der Waals surface area contributed by atoms with Gasteiger partial charge in [-0.05, 0) is 63.6 Å². The molecule has 2 aliphatic rings. The molecule has 0 saturated heterocycles. The quantitative estimate of drug-likeness (QED) is 0.738. The van der Waals surface area contributed by atoms with E-state index in [2.05, 4.69) is 38.0 Å². The van der Waals surface area contributed by atoms with Crippen LogP contribution in [0, 0.1) is 11.3 Å². The highest BCUT2D eigenvalue weighted by Crippen LogP contribution is 2.40. The fourth-order valence-corrected chi connectivity index (χ4v) is 4.49. The topological polar surface area (TPSA) is 15.3 Å². The van der Waals surface area contributed by atoms with Crippen LogP contribution in [0.4, 0.5) is 0 Å². The van der Waals surface area contributed by atoms with Crippen LogP contribution >= 0.6 is 0 Å². The molecular weight excluding hydrogens is 244 g/mol. The molecular formula is C18H36N2. The summed E-state index contributed by atoms with van der Waals surface area (Å²) in [6, 6.07) is 1.62. The van der Waals surface area contributed by atoms with Gasteiger partial charge in [-0.25, -0.2) is 0 Å². The molecule has 2 unspecified atom stereocenters. The van der Waals surface area contributed by atoms with Crippen LogP contribution in [0.15, 0.2) is 0 Å². The van der Waals surface area contributed by atoms with Crippen LogP contribution in [0.5, 0.6) is 0 Å². The van der Waals surface area contributed by atoms with Gasteiger partial charge in [0.25, 0.3) is 0 Å². The summed E-state index contributed by atoms with van der Waals surface area (Å²) in [5.74, 6) is 0.848. The van der Waals surface area contributed by atoms with Crippen LogP contribution in [-0.4, -0.2) is 37.1 Å².